The van der Waals surface area contributed by atoms with Crippen molar-refractivity contribution in [2.75, 3.05) is 20.1 Å². The zero-order chi connectivity index (χ0) is 13.1. The third kappa shape index (κ3) is 5.29. The largest absolute Gasteiger partial charge is 0.323 e. The molecule has 96 valence electrons. The maximum Gasteiger partial charge on any atom is 0.123 e. The summed E-state index contributed by atoms with van der Waals surface area (Å²) < 4.78 is 12.8. The van der Waals surface area contributed by atoms with Crippen LogP contribution in [-0.2, 0) is 0 Å². The summed E-state index contributed by atoms with van der Waals surface area (Å²) in [5.74, 6) is -0.219. The van der Waals surface area contributed by atoms with Crippen LogP contribution in [0.25, 0.3) is 0 Å². The van der Waals surface area contributed by atoms with Gasteiger partial charge in [-0.2, -0.15) is 0 Å². The van der Waals surface area contributed by atoms with E-state index in [2.05, 4.69) is 32.7 Å². The highest BCUT2D eigenvalue weighted by molar-refractivity contribution is 5.19. The Hall–Kier alpha value is -0.930. The van der Waals surface area contributed by atoms with Crippen molar-refractivity contribution in [3.05, 3.63) is 35.6 Å². The number of halogens is 1. The van der Waals surface area contributed by atoms with Crippen LogP contribution in [-0.4, -0.2) is 25.0 Å². The van der Waals surface area contributed by atoms with Gasteiger partial charge in [0.2, 0.25) is 0 Å². The van der Waals surface area contributed by atoms with E-state index in [9.17, 15) is 4.39 Å². The first-order valence-electron chi connectivity index (χ1n) is 5.97. The van der Waals surface area contributed by atoms with Crippen molar-refractivity contribution in [2.45, 2.75) is 26.8 Å². The fourth-order valence-corrected chi connectivity index (χ4v) is 2.03. The second-order valence-corrected chi connectivity index (χ2v) is 5.92. The van der Waals surface area contributed by atoms with Crippen LogP contribution in [0.1, 0.15) is 32.4 Å². The Labute approximate surface area is 104 Å². The van der Waals surface area contributed by atoms with E-state index in [0.717, 1.165) is 18.7 Å². The van der Waals surface area contributed by atoms with Gasteiger partial charge in [0.05, 0.1) is 0 Å². The summed E-state index contributed by atoms with van der Waals surface area (Å²) in [5, 5.41) is 0. The average molecular weight is 238 g/mol. The predicted octanol–water partition coefficient (Wildman–Crippen LogP) is 2.80. The van der Waals surface area contributed by atoms with Crippen LogP contribution in [0.15, 0.2) is 24.3 Å². The average Bonchev–Trinajstić information content (AvgIpc) is 2.15. The van der Waals surface area contributed by atoms with Gasteiger partial charge in [0, 0.05) is 19.1 Å². The molecule has 0 fully saturated rings. The van der Waals surface area contributed by atoms with Gasteiger partial charge in [-0.1, -0.05) is 32.9 Å². The molecule has 0 aliphatic heterocycles. The molecule has 17 heavy (non-hydrogen) atoms. The fourth-order valence-electron chi connectivity index (χ4n) is 2.03. The zero-order valence-electron chi connectivity index (χ0n) is 11.2. The Bertz CT molecular complexity index is 340. The Balaban J connectivity index is 2.54. The van der Waals surface area contributed by atoms with Gasteiger partial charge in [0.25, 0.3) is 0 Å². The van der Waals surface area contributed by atoms with Crippen molar-refractivity contribution < 1.29 is 4.39 Å². The van der Waals surface area contributed by atoms with Crippen molar-refractivity contribution in [1.82, 2.24) is 4.90 Å². The number of nitrogens with two attached hydrogens (primary N) is 1. The normalized spacial score (nSPS) is 14.1. The third-order valence-electron chi connectivity index (χ3n) is 2.55. The minimum Gasteiger partial charge on any atom is -0.323 e. The van der Waals surface area contributed by atoms with Crippen LogP contribution in [0.2, 0.25) is 0 Å². The number of nitrogens with zero attached hydrogens (tertiary/aromatic N) is 1. The highest BCUT2D eigenvalue weighted by Crippen LogP contribution is 2.17. The van der Waals surface area contributed by atoms with E-state index in [4.69, 9.17) is 5.73 Å². The first-order chi connectivity index (χ1) is 7.78. The number of rotatable bonds is 4. The van der Waals surface area contributed by atoms with Crippen LogP contribution < -0.4 is 5.73 Å². The molecule has 3 heteroatoms. The van der Waals surface area contributed by atoms with Gasteiger partial charge in [-0.3, -0.25) is 0 Å². The smallest absolute Gasteiger partial charge is 0.123 e. The van der Waals surface area contributed by atoms with Crippen LogP contribution in [0.3, 0.4) is 0 Å². The van der Waals surface area contributed by atoms with E-state index >= 15 is 0 Å². The van der Waals surface area contributed by atoms with E-state index in [0.29, 0.717) is 0 Å². The molecule has 2 N–H and O–H groups in total. The van der Waals surface area contributed by atoms with Crippen molar-refractivity contribution in [3.63, 3.8) is 0 Å². The van der Waals surface area contributed by atoms with Gasteiger partial charge >= 0.3 is 0 Å². The second-order valence-electron chi connectivity index (χ2n) is 5.92. The highest BCUT2D eigenvalue weighted by atomic mass is 19.1. The number of hydrogen-bond donors (Lipinski definition) is 1. The Morgan fingerprint density at radius 3 is 2.24 bits per heavy atom. The minimum atomic E-state index is -0.219. The molecule has 0 aromatic heterocycles. The first kappa shape index (κ1) is 14.1. The Kier molecular flexibility index (Phi) is 4.66. The molecule has 0 aliphatic carbocycles. The third-order valence-corrected chi connectivity index (χ3v) is 2.55. The molecule has 1 rings (SSSR count). The fraction of sp³-hybridized carbons (Fsp3) is 0.571. The van der Waals surface area contributed by atoms with Crippen LogP contribution in [0, 0.1) is 11.2 Å². The van der Waals surface area contributed by atoms with Crippen LogP contribution in [0.5, 0.6) is 0 Å². The first-order valence-corrected chi connectivity index (χ1v) is 5.97. The van der Waals surface area contributed by atoms with Crippen LogP contribution >= 0.6 is 0 Å². The van der Waals surface area contributed by atoms with Crippen molar-refractivity contribution >= 4 is 0 Å². The molecule has 0 spiro atoms. The molecule has 0 heterocycles. The molecular weight excluding hydrogens is 215 g/mol. The topological polar surface area (TPSA) is 29.3 Å². The molecule has 1 aromatic carbocycles. The lowest BCUT2D eigenvalue weighted by molar-refractivity contribution is 0.217. The quantitative estimate of drug-likeness (QED) is 0.874. The minimum absolute atomic E-state index is 0.0667. The predicted molar refractivity (Wildman–Crippen MR) is 70.3 cm³/mol. The maximum absolute atomic E-state index is 12.8. The Morgan fingerprint density at radius 1 is 1.24 bits per heavy atom. The lowest BCUT2D eigenvalue weighted by Crippen LogP contribution is -2.35. The van der Waals surface area contributed by atoms with Gasteiger partial charge < -0.3 is 10.6 Å². The van der Waals surface area contributed by atoms with E-state index < -0.39 is 0 Å². The maximum atomic E-state index is 12.8. The molecule has 1 aromatic rings. The molecule has 0 bridgehead atoms. The lowest BCUT2D eigenvalue weighted by atomic mass is 9.96. The molecule has 0 radical (unpaired) electrons. The summed E-state index contributed by atoms with van der Waals surface area (Å²) in [4.78, 5) is 2.22. The summed E-state index contributed by atoms with van der Waals surface area (Å²) in [5.41, 5.74) is 7.34. The van der Waals surface area contributed by atoms with Crippen molar-refractivity contribution in [1.29, 1.82) is 0 Å². The highest BCUT2D eigenvalue weighted by Gasteiger charge is 2.16. The molecule has 0 saturated heterocycles. The molecule has 0 aliphatic rings. The molecule has 0 amide bonds. The summed E-state index contributed by atoms with van der Waals surface area (Å²) in [6, 6.07) is 6.36. The summed E-state index contributed by atoms with van der Waals surface area (Å²) >= 11 is 0. The number of hydrogen-bond acceptors (Lipinski definition) is 2. The van der Waals surface area contributed by atoms with E-state index in [-0.39, 0.29) is 17.3 Å². The number of benzene rings is 1. The molecule has 0 saturated carbocycles. The summed E-state index contributed by atoms with van der Waals surface area (Å²) in [7, 11) is 2.06. The van der Waals surface area contributed by atoms with Gasteiger partial charge in [-0.25, -0.2) is 4.39 Å². The van der Waals surface area contributed by atoms with Gasteiger partial charge in [0.15, 0.2) is 0 Å². The Morgan fingerprint density at radius 2 is 1.76 bits per heavy atom. The van der Waals surface area contributed by atoms with Crippen molar-refractivity contribution in [2.24, 2.45) is 11.1 Å². The standard InChI is InChI=1S/C14H23FN2/c1-14(2,3)10-17(4)9-13(16)11-5-7-12(15)8-6-11/h5-8,13H,9-10,16H2,1-4H3. The van der Waals surface area contributed by atoms with Crippen LogP contribution in [0.4, 0.5) is 4.39 Å². The second kappa shape index (κ2) is 5.61. The van der Waals surface area contributed by atoms with E-state index in [1.54, 1.807) is 12.1 Å². The summed E-state index contributed by atoms with van der Waals surface area (Å²) in [6.07, 6.45) is 0. The molecule has 1 atom stereocenters. The zero-order valence-corrected chi connectivity index (χ0v) is 11.2. The van der Waals surface area contributed by atoms with Crippen molar-refractivity contribution in [3.8, 4) is 0 Å². The summed E-state index contributed by atoms with van der Waals surface area (Å²) in [6.45, 7) is 8.37. The van der Waals surface area contributed by atoms with Gasteiger partial charge in [0.1, 0.15) is 5.82 Å². The monoisotopic (exact) mass is 238 g/mol. The number of likely N-dealkylation sites (N-methyl/N-ethyl adjacent to an activating group) is 1. The van der Waals surface area contributed by atoms with E-state index in [1.165, 1.54) is 12.1 Å². The molecule has 2 nitrogen and oxygen atoms in total. The lowest BCUT2D eigenvalue weighted by Gasteiger charge is -2.28. The molecular formula is C14H23FN2. The van der Waals surface area contributed by atoms with Gasteiger partial charge in [-0.15, -0.1) is 0 Å². The van der Waals surface area contributed by atoms with Gasteiger partial charge in [-0.05, 0) is 30.2 Å². The SMILES string of the molecule is CN(CC(N)c1ccc(F)cc1)CC(C)(C)C. The van der Waals surface area contributed by atoms with E-state index in [1.807, 2.05) is 0 Å². The molecule has 1 unspecified atom stereocenters.